The number of hydrogen-bond acceptors (Lipinski definition) is 10. The molecule has 6 rings (SSSR count). The van der Waals surface area contributed by atoms with Crippen molar-refractivity contribution < 1.29 is 44.1 Å². The summed E-state index contributed by atoms with van der Waals surface area (Å²) in [6.07, 6.45) is -0.220. The molecule has 0 spiro atoms. The SMILES string of the molecule is COc1cc([C@H]2COc3cc4c5c(c3[C@H]2O)CCc2c(OC)cc(OCCCO)c(c2-5)[C@H](O)N4)cc(OC)c1O. The molecule has 1 aliphatic carbocycles. The smallest absolute Gasteiger partial charge is 0.200 e. The molecule has 10 nitrogen and oxygen atoms in total. The van der Waals surface area contributed by atoms with Crippen molar-refractivity contribution in [3.8, 4) is 45.6 Å². The Hall–Kier alpha value is -3.86. The number of methoxy groups -OCH3 is 3. The van der Waals surface area contributed by atoms with Gasteiger partial charge in [-0.15, -0.1) is 0 Å². The van der Waals surface area contributed by atoms with Crippen LogP contribution in [0.25, 0.3) is 11.1 Å². The molecule has 0 aromatic heterocycles. The number of nitrogens with one attached hydrogen (secondary N) is 1. The summed E-state index contributed by atoms with van der Waals surface area (Å²) in [6.45, 7) is 0.482. The van der Waals surface area contributed by atoms with Crippen molar-refractivity contribution in [2.75, 3.05) is 46.5 Å². The second-order valence-electron chi connectivity index (χ2n) is 10.1. The first-order valence-corrected chi connectivity index (χ1v) is 13.3. The van der Waals surface area contributed by atoms with Gasteiger partial charge >= 0.3 is 0 Å². The van der Waals surface area contributed by atoms with Crippen LogP contribution in [0, 0.1) is 0 Å². The monoisotopic (exact) mass is 551 g/mol. The highest BCUT2D eigenvalue weighted by atomic mass is 16.5. The number of phenols is 1. The van der Waals surface area contributed by atoms with Gasteiger partial charge < -0.3 is 49.4 Å². The third kappa shape index (κ3) is 3.97. The zero-order valence-corrected chi connectivity index (χ0v) is 22.6. The van der Waals surface area contributed by atoms with E-state index in [0.717, 1.165) is 22.3 Å². The van der Waals surface area contributed by atoms with Crippen molar-refractivity contribution in [3.63, 3.8) is 0 Å². The minimum absolute atomic E-state index is 0.00480. The van der Waals surface area contributed by atoms with E-state index in [2.05, 4.69) is 5.32 Å². The van der Waals surface area contributed by atoms with Crippen LogP contribution in [0.5, 0.6) is 34.5 Å². The zero-order valence-electron chi connectivity index (χ0n) is 22.6. The fourth-order valence-electron chi connectivity index (χ4n) is 6.22. The van der Waals surface area contributed by atoms with E-state index in [9.17, 15) is 20.4 Å². The van der Waals surface area contributed by atoms with E-state index >= 15 is 0 Å². The molecule has 0 radical (unpaired) electrons. The molecule has 0 saturated carbocycles. The molecule has 3 aromatic rings. The summed E-state index contributed by atoms with van der Waals surface area (Å²) < 4.78 is 28.7. The predicted molar refractivity (Wildman–Crippen MR) is 146 cm³/mol. The average molecular weight is 552 g/mol. The lowest BCUT2D eigenvalue weighted by Crippen LogP contribution is -2.29. The maximum atomic E-state index is 11.8. The topological polar surface area (TPSA) is 139 Å². The van der Waals surface area contributed by atoms with Crippen LogP contribution >= 0.6 is 0 Å². The fraction of sp³-hybridized carbons (Fsp3) is 0.400. The maximum Gasteiger partial charge on any atom is 0.200 e. The summed E-state index contributed by atoms with van der Waals surface area (Å²) in [5.41, 5.74) is 6.35. The highest BCUT2D eigenvalue weighted by Gasteiger charge is 2.41. The summed E-state index contributed by atoms with van der Waals surface area (Å²) >= 11 is 0. The number of hydrogen-bond donors (Lipinski definition) is 5. The summed E-state index contributed by atoms with van der Waals surface area (Å²) in [6, 6.07) is 7.01. The molecular weight excluding hydrogens is 518 g/mol. The lowest BCUT2D eigenvalue weighted by atomic mass is 9.74. The molecule has 212 valence electrons. The Kier molecular flexibility index (Phi) is 6.77. The highest BCUT2D eigenvalue weighted by Crippen LogP contribution is 2.57. The van der Waals surface area contributed by atoms with Gasteiger partial charge in [0, 0.05) is 59.0 Å². The van der Waals surface area contributed by atoms with Crippen LogP contribution in [0.15, 0.2) is 24.3 Å². The molecule has 10 heteroatoms. The van der Waals surface area contributed by atoms with Gasteiger partial charge in [-0.25, -0.2) is 0 Å². The van der Waals surface area contributed by atoms with Gasteiger partial charge in [-0.3, -0.25) is 0 Å². The Labute approximate surface area is 231 Å². The Bertz CT molecular complexity index is 1450. The molecule has 3 aliphatic rings. The van der Waals surface area contributed by atoms with Crippen LogP contribution in [0.3, 0.4) is 0 Å². The van der Waals surface area contributed by atoms with Crippen LogP contribution in [0.2, 0.25) is 0 Å². The first kappa shape index (κ1) is 26.4. The van der Waals surface area contributed by atoms with Crippen molar-refractivity contribution >= 4 is 5.69 Å². The number of aromatic hydroxyl groups is 1. The van der Waals surface area contributed by atoms with E-state index < -0.39 is 18.2 Å². The van der Waals surface area contributed by atoms with Crippen LogP contribution in [0.1, 0.15) is 52.5 Å². The molecule has 2 aliphatic heterocycles. The average Bonchev–Trinajstić information content (AvgIpc) is 2.96. The van der Waals surface area contributed by atoms with Gasteiger partial charge in [0.1, 0.15) is 17.2 Å². The van der Waals surface area contributed by atoms with Gasteiger partial charge in [-0.1, -0.05) is 0 Å². The lowest BCUT2D eigenvalue weighted by molar-refractivity contribution is 0.0878. The minimum atomic E-state index is -1.03. The number of phenolic OH excluding ortho intramolecular Hbond substituents is 1. The second kappa shape index (κ2) is 10.3. The van der Waals surface area contributed by atoms with Gasteiger partial charge in [0.15, 0.2) is 17.7 Å². The zero-order chi connectivity index (χ0) is 28.1. The van der Waals surface area contributed by atoms with Crippen molar-refractivity contribution in [3.05, 3.63) is 52.1 Å². The Balaban J connectivity index is 1.50. The van der Waals surface area contributed by atoms with Crippen LogP contribution in [-0.4, -0.2) is 61.6 Å². The number of aliphatic hydroxyl groups excluding tert-OH is 3. The molecule has 3 atom stereocenters. The first-order valence-electron chi connectivity index (χ1n) is 13.3. The summed E-state index contributed by atoms with van der Waals surface area (Å²) in [4.78, 5) is 0. The number of ether oxygens (including phenoxy) is 5. The van der Waals surface area contributed by atoms with E-state index in [4.69, 9.17) is 23.7 Å². The Morgan fingerprint density at radius 1 is 0.875 bits per heavy atom. The molecule has 5 N–H and O–H groups in total. The standard InChI is InChI=1S/C30H33NO9/c1-36-19-12-21(39-8-4-7-32)27-26-15(19)5-6-16-24(26)18(31-30(27)35)11-20-25(16)28(33)17(13-40-20)14-9-22(37-2)29(34)23(10-14)38-3/h9-12,17,28,30-35H,4-8,13H2,1-3H3/t17-,28+,30+/m1/s1. The largest absolute Gasteiger partial charge is 0.502 e. The third-order valence-corrected chi connectivity index (χ3v) is 8.08. The molecule has 0 unspecified atom stereocenters. The van der Waals surface area contributed by atoms with E-state index in [0.29, 0.717) is 58.9 Å². The molecule has 0 bridgehead atoms. The molecule has 0 amide bonds. The lowest BCUT2D eigenvalue weighted by Gasteiger charge is -2.39. The minimum Gasteiger partial charge on any atom is -0.502 e. The number of fused-ring (bicyclic) bond motifs is 2. The van der Waals surface area contributed by atoms with E-state index in [1.165, 1.54) is 14.2 Å². The third-order valence-electron chi connectivity index (χ3n) is 8.08. The molecular formula is C30H33NO9. The summed E-state index contributed by atoms with van der Waals surface area (Å²) in [5, 5.41) is 45.9. The molecule has 40 heavy (non-hydrogen) atoms. The van der Waals surface area contributed by atoms with Crippen molar-refractivity contribution in [1.29, 1.82) is 0 Å². The molecule has 2 heterocycles. The normalized spacial score (nSPS) is 20.0. The number of aliphatic hydroxyl groups is 3. The van der Waals surface area contributed by atoms with Gasteiger partial charge in [-0.05, 0) is 36.1 Å². The summed E-state index contributed by atoms with van der Waals surface area (Å²) in [5.74, 6) is 1.65. The predicted octanol–water partition coefficient (Wildman–Crippen LogP) is 3.57. The van der Waals surface area contributed by atoms with Gasteiger partial charge in [-0.2, -0.15) is 0 Å². The Morgan fingerprint density at radius 2 is 1.57 bits per heavy atom. The van der Waals surface area contributed by atoms with E-state index in [1.807, 2.05) is 6.07 Å². The van der Waals surface area contributed by atoms with E-state index in [-0.39, 0.29) is 37.1 Å². The summed E-state index contributed by atoms with van der Waals surface area (Å²) in [7, 11) is 4.54. The highest BCUT2D eigenvalue weighted by molar-refractivity contribution is 5.93. The fourth-order valence-corrected chi connectivity index (χ4v) is 6.22. The van der Waals surface area contributed by atoms with Gasteiger partial charge in [0.2, 0.25) is 5.75 Å². The molecule has 0 saturated heterocycles. The van der Waals surface area contributed by atoms with Crippen molar-refractivity contribution in [2.45, 2.75) is 37.5 Å². The Morgan fingerprint density at radius 3 is 2.25 bits per heavy atom. The van der Waals surface area contributed by atoms with Crippen molar-refractivity contribution in [1.82, 2.24) is 0 Å². The van der Waals surface area contributed by atoms with Crippen LogP contribution in [-0.2, 0) is 12.8 Å². The quantitative estimate of drug-likeness (QED) is 0.264. The van der Waals surface area contributed by atoms with Gasteiger partial charge in [0.05, 0.1) is 46.2 Å². The number of anilines is 1. The number of benzene rings is 3. The maximum absolute atomic E-state index is 11.8. The van der Waals surface area contributed by atoms with Crippen LogP contribution in [0.4, 0.5) is 5.69 Å². The van der Waals surface area contributed by atoms with Crippen molar-refractivity contribution in [2.24, 2.45) is 0 Å². The van der Waals surface area contributed by atoms with E-state index in [1.54, 1.807) is 25.3 Å². The van der Waals surface area contributed by atoms with Crippen LogP contribution < -0.4 is 29.0 Å². The molecule has 0 fully saturated rings. The number of rotatable bonds is 8. The molecule has 3 aromatic carbocycles. The first-order chi connectivity index (χ1) is 19.4. The van der Waals surface area contributed by atoms with Gasteiger partial charge in [0.25, 0.3) is 0 Å². The second-order valence-corrected chi connectivity index (χ2v) is 10.1.